The molecule has 0 fully saturated rings. The molecule has 0 unspecified atom stereocenters. The SMILES string of the molecule is CCCCCCCCCCCC=CC=CC=CC=CC(=O)O.NCCO. The van der Waals surface area contributed by atoms with Gasteiger partial charge < -0.3 is 15.9 Å². The molecule has 0 bridgehead atoms. The van der Waals surface area contributed by atoms with E-state index in [1.165, 1.54) is 63.9 Å². The average molecular weight is 366 g/mol. The lowest BCUT2D eigenvalue weighted by Crippen LogP contribution is -2.02. The van der Waals surface area contributed by atoms with Gasteiger partial charge in [-0.1, -0.05) is 101 Å². The molecule has 0 rings (SSSR count). The van der Waals surface area contributed by atoms with E-state index in [0.717, 1.165) is 12.5 Å². The lowest BCUT2D eigenvalue weighted by atomic mass is 10.1. The lowest BCUT2D eigenvalue weighted by Gasteiger charge is -2.00. The van der Waals surface area contributed by atoms with Crippen molar-refractivity contribution in [2.45, 2.75) is 71.1 Å². The van der Waals surface area contributed by atoms with Crippen LogP contribution < -0.4 is 5.73 Å². The predicted molar refractivity (Wildman–Crippen MR) is 112 cm³/mol. The zero-order valence-corrected chi connectivity index (χ0v) is 16.5. The van der Waals surface area contributed by atoms with Crippen LogP contribution in [0.1, 0.15) is 71.1 Å². The number of unbranched alkanes of at least 4 members (excludes halogenated alkanes) is 9. The average Bonchev–Trinajstić information content (AvgIpc) is 2.64. The van der Waals surface area contributed by atoms with E-state index in [2.05, 4.69) is 19.1 Å². The number of carboxylic acid groups (broad SMARTS) is 1. The number of nitrogens with two attached hydrogens (primary N) is 1. The van der Waals surface area contributed by atoms with Gasteiger partial charge in [-0.2, -0.15) is 0 Å². The van der Waals surface area contributed by atoms with Crippen LogP contribution in [-0.4, -0.2) is 29.3 Å². The maximum atomic E-state index is 10.2. The van der Waals surface area contributed by atoms with E-state index in [0.29, 0.717) is 6.54 Å². The molecule has 0 aliphatic rings. The molecule has 4 nitrogen and oxygen atoms in total. The number of carbonyl (C=O) groups is 1. The van der Waals surface area contributed by atoms with E-state index >= 15 is 0 Å². The second-order valence-corrected chi connectivity index (χ2v) is 6.02. The van der Waals surface area contributed by atoms with Crippen molar-refractivity contribution in [3.63, 3.8) is 0 Å². The lowest BCUT2D eigenvalue weighted by molar-refractivity contribution is -0.131. The van der Waals surface area contributed by atoms with Gasteiger partial charge in [-0.3, -0.25) is 0 Å². The molecule has 0 aromatic carbocycles. The van der Waals surface area contributed by atoms with Crippen LogP contribution in [0.25, 0.3) is 0 Å². The zero-order chi connectivity index (χ0) is 19.7. The Hall–Kier alpha value is -1.65. The van der Waals surface area contributed by atoms with Crippen molar-refractivity contribution in [1.82, 2.24) is 0 Å². The number of aliphatic carboxylic acids is 1. The number of aliphatic hydroxyl groups excluding tert-OH is 1. The van der Waals surface area contributed by atoms with Gasteiger partial charge in [-0.15, -0.1) is 0 Å². The van der Waals surface area contributed by atoms with Gasteiger partial charge in [0.15, 0.2) is 0 Å². The molecule has 0 aliphatic heterocycles. The number of aliphatic hydroxyl groups is 1. The van der Waals surface area contributed by atoms with Crippen LogP contribution in [0.5, 0.6) is 0 Å². The number of allylic oxidation sites excluding steroid dienone is 7. The van der Waals surface area contributed by atoms with Crippen molar-refractivity contribution in [3.05, 3.63) is 48.6 Å². The molecular formula is C22H39NO3. The van der Waals surface area contributed by atoms with Crippen LogP contribution in [-0.2, 0) is 4.79 Å². The Kier molecular flexibility index (Phi) is 26.2. The second-order valence-electron chi connectivity index (χ2n) is 6.02. The smallest absolute Gasteiger partial charge is 0.328 e. The molecular weight excluding hydrogens is 326 g/mol. The van der Waals surface area contributed by atoms with Crippen LogP contribution in [0.2, 0.25) is 0 Å². The first kappa shape index (κ1) is 26.6. The summed E-state index contributed by atoms with van der Waals surface area (Å²) >= 11 is 0. The van der Waals surface area contributed by atoms with Crippen LogP contribution in [0.15, 0.2) is 48.6 Å². The molecule has 26 heavy (non-hydrogen) atoms. The minimum Gasteiger partial charge on any atom is -0.478 e. The Balaban J connectivity index is 0. The number of carboxylic acids is 1. The molecule has 4 heteroatoms. The van der Waals surface area contributed by atoms with Crippen molar-refractivity contribution in [3.8, 4) is 0 Å². The van der Waals surface area contributed by atoms with E-state index in [-0.39, 0.29) is 6.61 Å². The number of rotatable bonds is 15. The maximum absolute atomic E-state index is 10.2. The maximum Gasteiger partial charge on any atom is 0.328 e. The molecule has 0 heterocycles. The third-order valence-electron chi connectivity index (χ3n) is 3.53. The first-order chi connectivity index (χ1) is 12.7. The molecule has 0 saturated heterocycles. The zero-order valence-electron chi connectivity index (χ0n) is 16.5. The minimum absolute atomic E-state index is 0.0972. The quantitative estimate of drug-likeness (QED) is 0.213. The van der Waals surface area contributed by atoms with Crippen molar-refractivity contribution in [2.24, 2.45) is 5.73 Å². The van der Waals surface area contributed by atoms with E-state index in [4.69, 9.17) is 15.9 Å². The highest BCUT2D eigenvalue weighted by molar-refractivity contribution is 5.80. The van der Waals surface area contributed by atoms with Gasteiger partial charge in [0.1, 0.15) is 0 Å². The molecule has 0 saturated carbocycles. The van der Waals surface area contributed by atoms with Crippen molar-refractivity contribution < 1.29 is 15.0 Å². The first-order valence-corrected chi connectivity index (χ1v) is 9.89. The topological polar surface area (TPSA) is 83.5 Å². The fourth-order valence-corrected chi connectivity index (χ4v) is 2.14. The summed E-state index contributed by atoms with van der Waals surface area (Å²) in [6.07, 6.45) is 27.7. The third kappa shape index (κ3) is 30.3. The second kappa shape index (κ2) is 25.6. The summed E-state index contributed by atoms with van der Waals surface area (Å²) in [6, 6.07) is 0. The molecule has 0 aliphatic carbocycles. The predicted octanol–water partition coefficient (Wildman–Crippen LogP) is 5.15. The Labute approximate surface area is 160 Å². The van der Waals surface area contributed by atoms with Crippen molar-refractivity contribution in [2.75, 3.05) is 13.2 Å². The van der Waals surface area contributed by atoms with Gasteiger partial charge in [0.25, 0.3) is 0 Å². The summed E-state index contributed by atoms with van der Waals surface area (Å²) in [4.78, 5) is 10.2. The molecule has 4 N–H and O–H groups in total. The normalized spacial score (nSPS) is 11.7. The van der Waals surface area contributed by atoms with Gasteiger partial charge in [0.2, 0.25) is 0 Å². The molecule has 0 amide bonds. The fourth-order valence-electron chi connectivity index (χ4n) is 2.14. The fraction of sp³-hybridized carbons (Fsp3) is 0.591. The Morgan fingerprint density at radius 3 is 1.77 bits per heavy atom. The highest BCUT2D eigenvalue weighted by atomic mass is 16.4. The van der Waals surface area contributed by atoms with E-state index in [1.807, 2.05) is 18.2 Å². The van der Waals surface area contributed by atoms with E-state index < -0.39 is 5.97 Å². The molecule has 0 spiro atoms. The summed E-state index contributed by atoms with van der Waals surface area (Å²) in [7, 11) is 0. The standard InChI is InChI=1S/C20H32O2.C2H7NO/c1-2-3-4-5-6-7-8-9-10-11-12-13-14-15-16-17-18-19-20(21)22;3-1-2-4/h12-19H,2-11H2,1H3,(H,21,22);4H,1-3H2. The van der Waals surface area contributed by atoms with Gasteiger partial charge >= 0.3 is 5.97 Å². The van der Waals surface area contributed by atoms with Crippen LogP contribution in [0.4, 0.5) is 0 Å². The largest absolute Gasteiger partial charge is 0.478 e. The third-order valence-corrected chi connectivity index (χ3v) is 3.53. The summed E-state index contributed by atoms with van der Waals surface area (Å²) < 4.78 is 0. The van der Waals surface area contributed by atoms with Crippen LogP contribution >= 0.6 is 0 Å². The molecule has 0 atom stereocenters. The van der Waals surface area contributed by atoms with Gasteiger partial charge in [0.05, 0.1) is 6.61 Å². The Bertz CT molecular complexity index is 396. The highest BCUT2D eigenvalue weighted by Gasteiger charge is 1.90. The summed E-state index contributed by atoms with van der Waals surface area (Å²) in [6.45, 7) is 2.73. The molecule has 0 aromatic heterocycles. The van der Waals surface area contributed by atoms with Crippen LogP contribution in [0.3, 0.4) is 0 Å². The van der Waals surface area contributed by atoms with Gasteiger partial charge in [-0.25, -0.2) is 4.79 Å². The van der Waals surface area contributed by atoms with E-state index in [1.54, 1.807) is 6.08 Å². The minimum atomic E-state index is -0.922. The van der Waals surface area contributed by atoms with Crippen LogP contribution in [0, 0.1) is 0 Å². The summed E-state index contributed by atoms with van der Waals surface area (Å²) in [5.74, 6) is -0.922. The van der Waals surface area contributed by atoms with Crippen molar-refractivity contribution >= 4 is 5.97 Å². The molecule has 0 aromatic rings. The monoisotopic (exact) mass is 365 g/mol. The number of hydrogen-bond donors (Lipinski definition) is 3. The summed E-state index contributed by atoms with van der Waals surface area (Å²) in [5, 5.41) is 16.1. The van der Waals surface area contributed by atoms with Gasteiger partial charge in [0, 0.05) is 12.6 Å². The van der Waals surface area contributed by atoms with Gasteiger partial charge in [-0.05, 0) is 12.8 Å². The molecule has 0 radical (unpaired) electrons. The molecule has 150 valence electrons. The van der Waals surface area contributed by atoms with E-state index in [9.17, 15) is 4.79 Å². The summed E-state index contributed by atoms with van der Waals surface area (Å²) in [5.41, 5.74) is 4.78. The highest BCUT2D eigenvalue weighted by Crippen LogP contribution is 2.10. The first-order valence-electron chi connectivity index (χ1n) is 9.89. The van der Waals surface area contributed by atoms with Crippen molar-refractivity contribution in [1.29, 1.82) is 0 Å². The Morgan fingerprint density at radius 2 is 1.27 bits per heavy atom. The Morgan fingerprint density at radius 1 is 0.808 bits per heavy atom. The number of hydrogen-bond acceptors (Lipinski definition) is 3.